The lowest BCUT2D eigenvalue weighted by molar-refractivity contribution is -0.118. The standard InChI is InChI=1S/C17H24N4O2/c18-17(20-10-12-23-13-11-20)19-8-3-6-16(22)21-9-7-14-4-1-2-5-15(14)21/h1-2,4-5H,3,6-13H2,(H2,18,19). The molecule has 2 N–H and O–H groups in total. The number of nitrogens with two attached hydrogens (primary N) is 1. The minimum absolute atomic E-state index is 0.176. The average molecular weight is 316 g/mol. The molecule has 0 radical (unpaired) electrons. The molecule has 1 aromatic carbocycles. The Labute approximate surface area is 136 Å². The molecule has 0 spiro atoms. The molecular formula is C17H24N4O2. The molecule has 6 heteroatoms. The molecule has 0 aromatic heterocycles. The van der Waals surface area contributed by atoms with Gasteiger partial charge in [0.2, 0.25) is 5.91 Å². The van der Waals surface area contributed by atoms with Crippen LogP contribution in [0.15, 0.2) is 29.3 Å². The van der Waals surface area contributed by atoms with E-state index < -0.39 is 0 Å². The number of ether oxygens (including phenoxy) is 1. The van der Waals surface area contributed by atoms with Gasteiger partial charge in [-0.2, -0.15) is 0 Å². The molecule has 2 aliphatic heterocycles. The van der Waals surface area contributed by atoms with Crippen LogP contribution in [-0.4, -0.2) is 56.2 Å². The van der Waals surface area contributed by atoms with Crippen LogP contribution in [0.3, 0.4) is 0 Å². The van der Waals surface area contributed by atoms with E-state index in [1.165, 1.54) is 5.56 Å². The van der Waals surface area contributed by atoms with E-state index in [-0.39, 0.29) is 5.91 Å². The Morgan fingerprint density at radius 2 is 2.00 bits per heavy atom. The molecule has 23 heavy (non-hydrogen) atoms. The van der Waals surface area contributed by atoms with Gasteiger partial charge in [-0.1, -0.05) is 18.2 Å². The summed E-state index contributed by atoms with van der Waals surface area (Å²) >= 11 is 0. The van der Waals surface area contributed by atoms with Gasteiger partial charge in [0, 0.05) is 38.3 Å². The van der Waals surface area contributed by atoms with E-state index in [0.29, 0.717) is 32.1 Å². The van der Waals surface area contributed by atoms with Crippen LogP contribution in [0.1, 0.15) is 18.4 Å². The van der Waals surface area contributed by atoms with Gasteiger partial charge in [0.1, 0.15) is 0 Å². The normalized spacial score (nSPS) is 18.2. The Morgan fingerprint density at radius 3 is 2.83 bits per heavy atom. The molecule has 1 amide bonds. The number of hydrogen-bond donors (Lipinski definition) is 1. The molecule has 6 nitrogen and oxygen atoms in total. The summed E-state index contributed by atoms with van der Waals surface area (Å²) in [5, 5.41) is 0. The largest absolute Gasteiger partial charge is 0.378 e. The van der Waals surface area contributed by atoms with Gasteiger partial charge in [-0.3, -0.25) is 9.79 Å². The fourth-order valence-electron chi connectivity index (χ4n) is 3.05. The molecule has 1 saturated heterocycles. The summed E-state index contributed by atoms with van der Waals surface area (Å²) < 4.78 is 5.29. The Bertz CT molecular complexity index is 582. The summed E-state index contributed by atoms with van der Waals surface area (Å²) in [4.78, 5) is 20.7. The van der Waals surface area contributed by atoms with Crippen LogP contribution in [0.5, 0.6) is 0 Å². The van der Waals surface area contributed by atoms with Crippen molar-refractivity contribution >= 4 is 17.6 Å². The van der Waals surface area contributed by atoms with Crippen molar-refractivity contribution in [3.63, 3.8) is 0 Å². The van der Waals surface area contributed by atoms with Crippen LogP contribution in [-0.2, 0) is 16.0 Å². The predicted molar refractivity (Wildman–Crippen MR) is 90.6 cm³/mol. The van der Waals surface area contributed by atoms with Crippen molar-refractivity contribution in [3.8, 4) is 0 Å². The van der Waals surface area contributed by atoms with E-state index in [1.54, 1.807) is 0 Å². The lowest BCUT2D eigenvalue weighted by Crippen LogP contribution is -2.44. The molecule has 0 unspecified atom stereocenters. The average Bonchev–Trinajstić information content (AvgIpc) is 3.03. The van der Waals surface area contributed by atoms with Gasteiger partial charge in [-0.05, 0) is 24.5 Å². The smallest absolute Gasteiger partial charge is 0.227 e. The molecule has 0 aliphatic carbocycles. The summed E-state index contributed by atoms with van der Waals surface area (Å²) in [6.07, 6.45) is 2.18. The maximum Gasteiger partial charge on any atom is 0.227 e. The lowest BCUT2D eigenvalue weighted by atomic mass is 10.2. The van der Waals surface area contributed by atoms with E-state index in [1.807, 2.05) is 28.0 Å². The van der Waals surface area contributed by atoms with Crippen molar-refractivity contribution in [2.75, 3.05) is 44.3 Å². The van der Waals surface area contributed by atoms with Gasteiger partial charge >= 0.3 is 0 Å². The number of carbonyl (C=O) groups is 1. The third kappa shape index (κ3) is 3.82. The highest BCUT2D eigenvalue weighted by molar-refractivity contribution is 5.95. The van der Waals surface area contributed by atoms with Crippen LogP contribution in [0.25, 0.3) is 0 Å². The SMILES string of the molecule is NC(=NCCCC(=O)N1CCc2ccccc21)N1CCOCC1. The second kappa shape index (κ2) is 7.46. The zero-order valence-corrected chi connectivity index (χ0v) is 13.4. The van der Waals surface area contributed by atoms with E-state index in [4.69, 9.17) is 10.5 Å². The highest BCUT2D eigenvalue weighted by atomic mass is 16.5. The molecule has 0 saturated carbocycles. The van der Waals surface area contributed by atoms with E-state index in [0.717, 1.165) is 38.2 Å². The minimum Gasteiger partial charge on any atom is -0.378 e. The number of benzene rings is 1. The van der Waals surface area contributed by atoms with Gasteiger partial charge in [0.15, 0.2) is 5.96 Å². The number of carbonyl (C=O) groups excluding carboxylic acids is 1. The molecule has 1 fully saturated rings. The zero-order valence-electron chi connectivity index (χ0n) is 13.4. The third-order valence-corrected chi connectivity index (χ3v) is 4.35. The van der Waals surface area contributed by atoms with Gasteiger partial charge in [0.25, 0.3) is 0 Å². The number of aliphatic imine (C=N–C) groups is 1. The van der Waals surface area contributed by atoms with Gasteiger partial charge in [0.05, 0.1) is 13.2 Å². The summed E-state index contributed by atoms with van der Waals surface area (Å²) in [5.41, 5.74) is 8.30. The monoisotopic (exact) mass is 316 g/mol. The summed E-state index contributed by atoms with van der Waals surface area (Å²) in [7, 11) is 0. The minimum atomic E-state index is 0.176. The first-order valence-corrected chi connectivity index (χ1v) is 8.26. The second-order valence-corrected chi connectivity index (χ2v) is 5.87. The maximum absolute atomic E-state index is 12.4. The first-order chi connectivity index (χ1) is 11.3. The van der Waals surface area contributed by atoms with Crippen molar-refractivity contribution in [2.24, 2.45) is 10.7 Å². The van der Waals surface area contributed by atoms with E-state index in [2.05, 4.69) is 11.1 Å². The molecular weight excluding hydrogens is 292 g/mol. The van der Waals surface area contributed by atoms with Crippen molar-refractivity contribution in [1.82, 2.24) is 4.90 Å². The van der Waals surface area contributed by atoms with Crippen LogP contribution >= 0.6 is 0 Å². The summed E-state index contributed by atoms with van der Waals surface area (Å²) in [6.45, 7) is 4.35. The van der Waals surface area contributed by atoms with Crippen LogP contribution in [0.4, 0.5) is 5.69 Å². The van der Waals surface area contributed by atoms with Crippen molar-refractivity contribution in [2.45, 2.75) is 19.3 Å². The highest BCUT2D eigenvalue weighted by Gasteiger charge is 2.23. The van der Waals surface area contributed by atoms with E-state index in [9.17, 15) is 4.79 Å². The van der Waals surface area contributed by atoms with Crippen LogP contribution in [0.2, 0.25) is 0 Å². The first-order valence-electron chi connectivity index (χ1n) is 8.26. The first kappa shape index (κ1) is 15.8. The molecule has 1 aromatic rings. The number of fused-ring (bicyclic) bond motifs is 1. The van der Waals surface area contributed by atoms with E-state index >= 15 is 0 Å². The second-order valence-electron chi connectivity index (χ2n) is 5.87. The fraction of sp³-hybridized carbons (Fsp3) is 0.529. The predicted octanol–water partition coefficient (Wildman–Crippen LogP) is 1.00. The van der Waals surface area contributed by atoms with Crippen molar-refractivity contribution < 1.29 is 9.53 Å². The molecule has 124 valence electrons. The fourth-order valence-corrected chi connectivity index (χ4v) is 3.05. The topological polar surface area (TPSA) is 71.2 Å². The third-order valence-electron chi connectivity index (χ3n) is 4.35. The molecule has 0 bridgehead atoms. The summed E-state index contributed by atoms with van der Waals surface area (Å²) in [6, 6.07) is 8.12. The Morgan fingerprint density at radius 1 is 1.22 bits per heavy atom. The summed E-state index contributed by atoms with van der Waals surface area (Å²) in [5.74, 6) is 0.738. The van der Waals surface area contributed by atoms with Gasteiger partial charge in [-0.15, -0.1) is 0 Å². The molecule has 2 aliphatic rings. The lowest BCUT2D eigenvalue weighted by Gasteiger charge is -2.27. The van der Waals surface area contributed by atoms with Crippen LogP contribution in [0, 0.1) is 0 Å². The number of rotatable bonds is 4. The number of morpholine rings is 1. The van der Waals surface area contributed by atoms with Crippen molar-refractivity contribution in [1.29, 1.82) is 0 Å². The zero-order chi connectivity index (χ0) is 16.1. The highest BCUT2D eigenvalue weighted by Crippen LogP contribution is 2.27. The number of anilines is 1. The Balaban J connectivity index is 1.45. The number of nitrogens with zero attached hydrogens (tertiary/aromatic N) is 3. The van der Waals surface area contributed by atoms with Gasteiger partial charge in [-0.25, -0.2) is 0 Å². The molecule has 3 rings (SSSR count). The molecule has 0 atom stereocenters. The number of para-hydroxylation sites is 1. The van der Waals surface area contributed by atoms with Crippen molar-refractivity contribution in [3.05, 3.63) is 29.8 Å². The quantitative estimate of drug-likeness (QED) is 0.511. The maximum atomic E-state index is 12.4. The van der Waals surface area contributed by atoms with Crippen LogP contribution < -0.4 is 10.6 Å². The Kier molecular flexibility index (Phi) is 5.12. The molecule has 2 heterocycles. The Hall–Kier alpha value is -2.08. The number of amides is 1. The van der Waals surface area contributed by atoms with Gasteiger partial charge < -0.3 is 20.3 Å². The number of guanidine groups is 1. The number of hydrogen-bond acceptors (Lipinski definition) is 3.